The molecule has 6 heteroatoms. The topological polar surface area (TPSA) is 82.6 Å². The summed E-state index contributed by atoms with van der Waals surface area (Å²) < 4.78 is 5.96. The predicted octanol–water partition coefficient (Wildman–Crippen LogP) is 2.51. The Balaban J connectivity index is 1.79. The number of carbonyl (C=O) groups is 2. The van der Waals surface area contributed by atoms with Crippen LogP contribution >= 0.6 is 0 Å². The maximum absolute atomic E-state index is 12.9. The molecule has 0 aliphatic carbocycles. The minimum Gasteiger partial charge on any atom is -0.477 e. The first-order valence-electron chi connectivity index (χ1n) is 8.29. The summed E-state index contributed by atoms with van der Waals surface area (Å²) in [6.07, 6.45) is 4.99. The number of carboxylic acids is 1. The second-order valence-corrected chi connectivity index (χ2v) is 6.71. The predicted molar refractivity (Wildman–Crippen MR) is 84.9 cm³/mol. The molecule has 23 heavy (non-hydrogen) atoms. The van der Waals surface area contributed by atoms with Gasteiger partial charge in [-0.3, -0.25) is 4.79 Å². The van der Waals surface area contributed by atoms with Crippen LogP contribution in [-0.4, -0.2) is 52.2 Å². The first kappa shape index (κ1) is 16.1. The number of nitrogens with zero attached hydrogens (tertiary/aromatic N) is 1. The average molecular weight is 320 g/mol. The number of aryl methyl sites for hydroxylation is 1. The van der Waals surface area contributed by atoms with E-state index in [1.807, 2.05) is 4.90 Å². The van der Waals surface area contributed by atoms with Crippen LogP contribution in [0.15, 0.2) is 0 Å². The van der Waals surface area contributed by atoms with Crippen LogP contribution in [0, 0.1) is 13.8 Å². The van der Waals surface area contributed by atoms with Crippen LogP contribution in [0.25, 0.3) is 0 Å². The number of carbonyl (C=O) groups excluding carboxylic acids is 1. The van der Waals surface area contributed by atoms with Gasteiger partial charge in [-0.1, -0.05) is 0 Å². The highest BCUT2D eigenvalue weighted by atomic mass is 16.5. The van der Waals surface area contributed by atoms with Crippen molar-refractivity contribution in [2.24, 2.45) is 0 Å². The lowest BCUT2D eigenvalue weighted by molar-refractivity contribution is -0.00692. The van der Waals surface area contributed by atoms with Gasteiger partial charge in [-0.05, 0) is 51.5 Å². The highest BCUT2D eigenvalue weighted by Gasteiger charge is 2.38. The molecule has 2 fully saturated rings. The van der Waals surface area contributed by atoms with E-state index in [0.29, 0.717) is 29.9 Å². The van der Waals surface area contributed by atoms with Crippen molar-refractivity contribution >= 4 is 11.9 Å². The monoisotopic (exact) mass is 320 g/mol. The van der Waals surface area contributed by atoms with Gasteiger partial charge >= 0.3 is 5.97 Å². The molecule has 0 saturated carbocycles. The molecule has 0 unspecified atom stereocenters. The van der Waals surface area contributed by atoms with Crippen LogP contribution in [0.2, 0.25) is 0 Å². The summed E-state index contributed by atoms with van der Waals surface area (Å²) in [5, 5.41) is 9.21. The molecule has 0 bridgehead atoms. The van der Waals surface area contributed by atoms with Gasteiger partial charge in [0.25, 0.3) is 5.91 Å². The smallest absolute Gasteiger partial charge is 0.352 e. The number of ether oxygens (including phenoxy) is 1. The van der Waals surface area contributed by atoms with E-state index in [1.165, 1.54) is 0 Å². The van der Waals surface area contributed by atoms with Crippen LogP contribution in [0.3, 0.4) is 0 Å². The number of aromatic carboxylic acids is 1. The normalized spacial score (nSPS) is 24.9. The van der Waals surface area contributed by atoms with Crippen molar-refractivity contribution in [3.63, 3.8) is 0 Å². The zero-order valence-corrected chi connectivity index (χ0v) is 13.8. The number of aromatic nitrogens is 1. The average Bonchev–Trinajstić information content (AvgIpc) is 2.99. The van der Waals surface area contributed by atoms with E-state index in [1.54, 1.807) is 13.8 Å². The molecule has 1 atom stereocenters. The van der Waals surface area contributed by atoms with Crippen molar-refractivity contribution in [3.8, 4) is 0 Å². The van der Waals surface area contributed by atoms with Crippen molar-refractivity contribution in [1.29, 1.82) is 0 Å². The van der Waals surface area contributed by atoms with Crippen molar-refractivity contribution in [2.45, 2.75) is 51.6 Å². The van der Waals surface area contributed by atoms with E-state index in [2.05, 4.69) is 4.98 Å². The molecule has 126 valence electrons. The largest absolute Gasteiger partial charge is 0.477 e. The second-order valence-electron chi connectivity index (χ2n) is 6.71. The number of nitrogens with one attached hydrogen (secondary N) is 1. The molecule has 0 aromatic carbocycles. The molecule has 1 aromatic rings. The zero-order chi connectivity index (χ0) is 16.6. The summed E-state index contributed by atoms with van der Waals surface area (Å²) >= 11 is 0. The third-order valence-corrected chi connectivity index (χ3v) is 5.24. The fraction of sp³-hybridized carbons (Fsp3) is 0.647. The van der Waals surface area contributed by atoms with Gasteiger partial charge in [0.1, 0.15) is 5.69 Å². The molecule has 2 aliphatic rings. The second kappa shape index (κ2) is 6.00. The van der Waals surface area contributed by atoms with E-state index in [9.17, 15) is 14.7 Å². The maximum Gasteiger partial charge on any atom is 0.352 e. The van der Waals surface area contributed by atoms with E-state index in [4.69, 9.17) is 4.74 Å². The Labute approximate surface area is 135 Å². The Kier molecular flexibility index (Phi) is 4.19. The van der Waals surface area contributed by atoms with Gasteiger partial charge in [-0.25, -0.2) is 4.79 Å². The molecule has 2 aliphatic heterocycles. The SMILES string of the molecule is Cc1[nH]c(C(=O)O)c(C)c1C(=O)N1CCC[C@]2(CCCO2)CC1. The van der Waals surface area contributed by atoms with Crippen LogP contribution in [0.1, 0.15) is 64.2 Å². The number of aromatic amines is 1. The summed E-state index contributed by atoms with van der Waals surface area (Å²) in [6.45, 7) is 5.65. The zero-order valence-electron chi connectivity index (χ0n) is 13.8. The number of rotatable bonds is 2. The highest BCUT2D eigenvalue weighted by molar-refractivity contribution is 6.00. The lowest BCUT2D eigenvalue weighted by Gasteiger charge is -2.27. The van der Waals surface area contributed by atoms with Crippen LogP contribution < -0.4 is 0 Å². The van der Waals surface area contributed by atoms with Crippen LogP contribution in [-0.2, 0) is 4.74 Å². The fourth-order valence-electron chi connectivity index (χ4n) is 3.96. The number of carboxylic acid groups (broad SMARTS) is 1. The van der Waals surface area contributed by atoms with Crippen LogP contribution in [0.4, 0.5) is 0 Å². The van der Waals surface area contributed by atoms with E-state index in [0.717, 1.165) is 38.7 Å². The summed E-state index contributed by atoms with van der Waals surface area (Å²) in [6, 6.07) is 0. The molecule has 3 heterocycles. The number of amides is 1. The Morgan fingerprint density at radius 3 is 2.52 bits per heavy atom. The van der Waals surface area contributed by atoms with Gasteiger partial charge in [0.15, 0.2) is 0 Å². The van der Waals surface area contributed by atoms with Crippen molar-refractivity contribution in [1.82, 2.24) is 9.88 Å². The molecular formula is C17H24N2O4. The summed E-state index contributed by atoms with van der Waals surface area (Å²) in [4.78, 5) is 28.8. The minimum atomic E-state index is -1.03. The van der Waals surface area contributed by atoms with Gasteiger partial charge < -0.3 is 19.7 Å². The van der Waals surface area contributed by atoms with E-state index >= 15 is 0 Å². The Morgan fingerprint density at radius 2 is 1.91 bits per heavy atom. The molecule has 2 N–H and O–H groups in total. The van der Waals surface area contributed by atoms with Crippen molar-refractivity contribution < 1.29 is 19.4 Å². The van der Waals surface area contributed by atoms with Gasteiger partial charge in [-0.15, -0.1) is 0 Å². The summed E-state index contributed by atoms with van der Waals surface area (Å²) in [5.41, 5.74) is 1.72. The molecule has 3 rings (SSSR count). The quantitative estimate of drug-likeness (QED) is 0.877. The lowest BCUT2D eigenvalue weighted by atomic mass is 9.92. The lowest BCUT2D eigenvalue weighted by Crippen LogP contribution is -2.34. The molecule has 0 radical (unpaired) electrons. The number of hydrogen-bond donors (Lipinski definition) is 2. The van der Waals surface area contributed by atoms with E-state index < -0.39 is 5.97 Å². The third kappa shape index (κ3) is 2.87. The van der Waals surface area contributed by atoms with Gasteiger partial charge in [0.2, 0.25) is 0 Å². The first-order valence-corrected chi connectivity index (χ1v) is 8.29. The number of H-pyrrole nitrogens is 1. The third-order valence-electron chi connectivity index (χ3n) is 5.24. The Morgan fingerprint density at radius 1 is 1.17 bits per heavy atom. The van der Waals surface area contributed by atoms with Crippen molar-refractivity contribution in [3.05, 3.63) is 22.5 Å². The van der Waals surface area contributed by atoms with Crippen LogP contribution in [0.5, 0.6) is 0 Å². The van der Waals surface area contributed by atoms with Crippen molar-refractivity contribution in [2.75, 3.05) is 19.7 Å². The number of likely N-dealkylation sites (tertiary alicyclic amines) is 1. The molecule has 1 aromatic heterocycles. The standard InChI is InChI=1S/C17H24N2O4/c1-11-13(12(2)18-14(11)16(21)22)15(20)19-8-3-5-17(7-9-19)6-4-10-23-17/h18H,3-10H2,1-2H3,(H,21,22)/t17-/m0/s1. The van der Waals surface area contributed by atoms with Gasteiger partial charge in [0.05, 0.1) is 11.2 Å². The molecule has 6 nitrogen and oxygen atoms in total. The maximum atomic E-state index is 12.9. The number of hydrogen-bond acceptors (Lipinski definition) is 3. The Hall–Kier alpha value is -1.82. The molecule has 2 saturated heterocycles. The van der Waals surface area contributed by atoms with E-state index in [-0.39, 0.29) is 17.2 Å². The molecule has 1 spiro atoms. The Bertz CT molecular complexity index is 629. The summed E-state index contributed by atoms with van der Waals surface area (Å²) in [5.74, 6) is -1.10. The molecular weight excluding hydrogens is 296 g/mol. The van der Waals surface area contributed by atoms with Gasteiger partial charge in [0, 0.05) is 25.4 Å². The summed E-state index contributed by atoms with van der Waals surface area (Å²) in [7, 11) is 0. The molecule has 1 amide bonds. The van der Waals surface area contributed by atoms with Gasteiger partial charge in [-0.2, -0.15) is 0 Å². The first-order chi connectivity index (χ1) is 10.9. The fourth-order valence-corrected chi connectivity index (χ4v) is 3.96. The minimum absolute atomic E-state index is 0.0382. The highest BCUT2D eigenvalue weighted by Crippen LogP contribution is 2.36.